The Morgan fingerprint density at radius 1 is 1.43 bits per heavy atom. The average Bonchev–Trinajstić information content (AvgIpc) is 3.09. The van der Waals surface area contributed by atoms with Crippen LogP contribution in [0.2, 0.25) is 0 Å². The number of hydrogen-bond donors (Lipinski definition) is 2. The van der Waals surface area contributed by atoms with Gasteiger partial charge in [0.05, 0.1) is 11.0 Å². The summed E-state index contributed by atoms with van der Waals surface area (Å²) in [5.41, 5.74) is -0.983. The summed E-state index contributed by atoms with van der Waals surface area (Å²) < 4.78 is 1.68. The fraction of sp³-hybridized carbons (Fsp3) is 0.733. The number of hydrogen-bond acceptors (Lipinski definition) is 4. The highest BCUT2D eigenvalue weighted by Crippen LogP contribution is 2.48. The van der Waals surface area contributed by atoms with Gasteiger partial charge in [-0.3, -0.25) is 10.1 Å². The topological polar surface area (TPSA) is 100 Å². The Labute approximate surface area is 134 Å². The molecule has 1 saturated heterocycles. The van der Waals surface area contributed by atoms with Crippen LogP contribution in [0.1, 0.15) is 40.0 Å². The van der Waals surface area contributed by atoms with E-state index in [1.54, 1.807) is 15.9 Å². The Hall–Kier alpha value is -2.12. The van der Waals surface area contributed by atoms with Crippen LogP contribution >= 0.6 is 0 Å². The van der Waals surface area contributed by atoms with Crippen LogP contribution in [0, 0.1) is 11.3 Å². The second-order valence-corrected chi connectivity index (χ2v) is 7.54. The number of aromatic nitrogens is 3. The van der Waals surface area contributed by atoms with Gasteiger partial charge in [-0.15, -0.1) is 5.10 Å². The minimum absolute atomic E-state index is 0.0471. The van der Waals surface area contributed by atoms with E-state index in [9.17, 15) is 14.7 Å². The molecule has 8 heteroatoms. The molecule has 2 N–H and O–H groups in total. The van der Waals surface area contributed by atoms with E-state index in [4.69, 9.17) is 0 Å². The molecule has 2 fully saturated rings. The van der Waals surface area contributed by atoms with Crippen molar-refractivity contribution in [3.05, 3.63) is 6.33 Å². The number of carbonyl (C=O) groups is 2. The Bertz CT molecular complexity index is 635. The van der Waals surface area contributed by atoms with Gasteiger partial charge >= 0.3 is 12.0 Å². The van der Waals surface area contributed by atoms with Crippen molar-refractivity contribution in [3.63, 3.8) is 0 Å². The van der Waals surface area contributed by atoms with E-state index < -0.39 is 11.4 Å². The van der Waals surface area contributed by atoms with Gasteiger partial charge in [-0.2, -0.15) is 0 Å². The van der Waals surface area contributed by atoms with Crippen LogP contribution in [-0.2, 0) is 10.3 Å². The van der Waals surface area contributed by atoms with Crippen LogP contribution in [-0.4, -0.2) is 49.9 Å². The van der Waals surface area contributed by atoms with Crippen LogP contribution in [0.4, 0.5) is 10.7 Å². The van der Waals surface area contributed by atoms with Crippen molar-refractivity contribution in [3.8, 4) is 0 Å². The van der Waals surface area contributed by atoms with Gasteiger partial charge in [0.1, 0.15) is 6.33 Å². The largest absolute Gasteiger partial charge is 0.481 e. The predicted octanol–water partition coefficient (Wildman–Crippen LogP) is 1.75. The molecule has 2 aliphatic rings. The summed E-state index contributed by atoms with van der Waals surface area (Å²) in [7, 11) is 0. The Kier molecular flexibility index (Phi) is 3.57. The number of nitrogens with one attached hydrogen (secondary N) is 1. The minimum Gasteiger partial charge on any atom is -0.481 e. The maximum atomic E-state index is 12.4. The molecule has 8 nitrogen and oxygen atoms in total. The van der Waals surface area contributed by atoms with E-state index in [0.717, 1.165) is 12.8 Å². The third-order valence-electron chi connectivity index (χ3n) is 4.98. The number of carboxylic acid groups (broad SMARTS) is 1. The number of anilines is 1. The van der Waals surface area contributed by atoms with E-state index in [-0.39, 0.29) is 30.0 Å². The number of rotatable bonds is 2. The second-order valence-electron chi connectivity index (χ2n) is 7.54. The first-order valence-electron chi connectivity index (χ1n) is 7.94. The van der Waals surface area contributed by atoms with Crippen molar-refractivity contribution >= 4 is 17.9 Å². The van der Waals surface area contributed by atoms with Crippen molar-refractivity contribution in [2.24, 2.45) is 11.3 Å². The molecule has 1 aliphatic carbocycles. The molecule has 0 aromatic carbocycles. The second kappa shape index (κ2) is 5.21. The predicted molar refractivity (Wildman–Crippen MR) is 83.0 cm³/mol. The number of nitrogens with zero attached hydrogens (tertiary/aromatic N) is 4. The molecular weight excluding hydrogens is 298 g/mol. The van der Waals surface area contributed by atoms with Crippen molar-refractivity contribution in [1.29, 1.82) is 0 Å². The summed E-state index contributed by atoms with van der Waals surface area (Å²) in [4.78, 5) is 29.7. The minimum atomic E-state index is -0.787. The Morgan fingerprint density at radius 3 is 2.74 bits per heavy atom. The lowest BCUT2D eigenvalue weighted by molar-refractivity contribution is -0.149. The van der Waals surface area contributed by atoms with Crippen LogP contribution in [0.25, 0.3) is 0 Å². The highest BCUT2D eigenvalue weighted by molar-refractivity contribution is 5.89. The molecule has 1 aromatic rings. The fourth-order valence-corrected chi connectivity index (χ4v) is 3.61. The smallest absolute Gasteiger partial charge is 0.324 e. The van der Waals surface area contributed by atoms with Crippen molar-refractivity contribution in [1.82, 2.24) is 19.7 Å². The molecule has 0 spiro atoms. The van der Waals surface area contributed by atoms with Crippen molar-refractivity contribution in [2.75, 3.05) is 18.4 Å². The first kappa shape index (κ1) is 15.8. The standard InChI is InChI=1S/C15H23N5O3/c1-14(2,3)20-9-16-12(18-20)17-13(23)19-7-10-5-4-6-15(10,8-19)11(21)22/h9-10H,4-8H2,1-3H3,(H,21,22)(H,17,18,23)/t10-,15+/m0/s1. The van der Waals surface area contributed by atoms with Crippen LogP contribution in [0.5, 0.6) is 0 Å². The Morgan fingerprint density at radius 2 is 2.17 bits per heavy atom. The third kappa shape index (κ3) is 2.66. The van der Waals surface area contributed by atoms with E-state index in [1.807, 2.05) is 20.8 Å². The number of amides is 2. The summed E-state index contributed by atoms with van der Waals surface area (Å²) in [6.45, 7) is 6.72. The molecule has 0 radical (unpaired) electrons. The summed E-state index contributed by atoms with van der Waals surface area (Å²) in [6, 6.07) is -0.327. The van der Waals surface area contributed by atoms with Gasteiger partial charge in [0.15, 0.2) is 0 Å². The number of likely N-dealkylation sites (tertiary alicyclic amines) is 1. The lowest BCUT2D eigenvalue weighted by Crippen LogP contribution is -2.38. The zero-order valence-corrected chi connectivity index (χ0v) is 13.7. The molecule has 1 aliphatic heterocycles. The maximum absolute atomic E-state index is 12.4. The molecule has 0 unspecified atom stereocenters. The number of carbonyl (C=O) groups excluding carboxylic acids is 1. The van der Waals surface area contributed by atoms with Crippen LogP contribution in [0.15, 0.2) is 6.33 Å². The molecule has 2 atom stereocenters. The Balaban J connectivity index is 1.68. The van der Waals surface area contributed by atoms with Crippen molar-refractivity contribution < 1.29 is 14.7 Å². The molecule has 2 heterocycles. The molecule has 3 rings (SSSR count). The zero-order valence-electron chi connectivity index (χ0n) is 13.7. The van der Waals surface area contributed by atoms with Crippen molar-refractivity contribution in [2.45, 2.75) is 45.6 Å². The lowest BCUT2D eigenvalue weighted by Gasteiger charge is -2.23. The van der Waals surface area contributed by atoms with Gasteiger partial charge in [-0.25, -0.2) is 14.5 Å². The number of aliphatic carboxylic acids is 1. The van der Waals surface area contributed by atoms with E-state index in [0.29, 0.717) is 13.0 Å². The summed E-state index contributed by atoms with van der Waals surface area (Å²) in [6.07, 6.45) is 4.01. The first-order chi connectivity index (χ1) is 10.7. The normalized spacial score (nSPS) is 27.1. The SMILES string of the molecule is CC(C)(C)n1cnc(NC(=O)N2C[C@@H]3CCC[C@@]3(C(=O)O)C2)n1. The highest BCUT2D eigenvalue weighted by Gasteiger charge is 2.55. The lowest BCUT2D eigenvalue weighted by atomic mass is 9.81. The average molecular weight is 321 g/mol. The molecule has 1 saturated carbocycles. The summed E-state index contributed by atoms with van der Waals surface area (Å²) >= 11 is 0. The van der Waals surface area contributed by atoms with Crippen LogP contribution < -0.4 is 5.32 Å². The molecule has 23 heavy (non-hydrogen) atoms. The summed E-state index contributed by atoms with van der Waals surface area (Å²) in [5, 5.41) is 16.5. The highest BCUT2D eigenvalue weighted by atomic mass is 16.4. The van der Waals surface area contributed by atoms with E-state index in [2.05, 4.69) is 15.4 Å². The molecule has 2 amide bonds. The maximum Gasteiger partial charge on any atom is 0.324 e. The van der Waals surface area contributed by atoms with E-state index in [1.165, 1.54) is 0 Å². The number of urea groups is 1. The first-order valence-corrected chi connectivity index (χ1v) is 7.94. The van der Waals surface area contributed by atoms with Gasteiger partial charge in [-0.1, -0.05) is 6.42 Å². The molecular formula is C15H23N5O3. The van der Waals surface area contributed by atoms with Gasteiger partial charge < -0.3 is 10.0 Å². The fourth-order valence-electron chi connectivity index (χ4n) is 3.61. The van der Waals surface area contributed by atoms with Gasteiger partial charge in [0.25, 0.3) is 0 Å². The van der Waals surface area contributed by atoms with Gasteiger partial charge in [-0.05, 0) is 39.5 Å². The van der Waals surface area contributed by atoms with Crippen LogP contribution in [0.3, 0.4) is 0 Å². The number of fused-ring (bicyclic) bond motifs is 1. The van der Waals surface area contributed by atoms with E-state index >= 15 is 0 Å². The molecule has 1 aromatic heterocycles. The molecule has 0 bridgehead atoms. The molecule has 126 valence electrons. The monoisotopic (exact) mass is 321 g/mol. The summed E-state index contributed by atoms with van der Waals surface area (Å²) in [5.74, 6) is -0.498. The third-order valence-corrected chi connectivity index (χ3v) is 4.98. The zero-order chi connectivity index (χ0) is 16.8. The van der Waals surface area contributed by atoms with Gasteiger partial charge in [0, 0.05) is 13.1 Å². The van der Waals surface area contributed by atoms with Gasteiger partial charge in [0.2, 0.25) is 5.95 Å². The number of carboxylic acids is 1. The quantitative estimate of drug-likeness (QED) is 0.864.